The number of hydrogen-bond acceptors (Lipinski definition) is 5. The number of terminal acetylenes is 1. The Labute approximate surface area is 165 Å². The second-order valence-corrected chi connectivity index (χ2v) is 7.76. The van der Waals surface area contributed by atoms with E-state index >= 15 is 0 Å². The first-order chi connectivity index (χ1) is 12.8. The van der Waals surface area contributed by atoms with Crippen molar-refractivity contribution in [2.45, 2.75) is 40.0 Å². The Morgan fingerprint density at radius 2 is 2.04 bits per heavy atom. The van der Waals surface area contributed by atoms with Gasteiger partial charge in [0.15, 0.2) is 0 Å². The third-order valence-electron chi connectivity index (χ3n) is 3.66. The van der Waals surface area contributed by atoms with Crippen molar-refractivity contribution >= 4 is 23.6 Å². The van der Waals surface area contributed by atoms with E-state index in [1.54, 1.807) is 11.5 Å². The lowest BCUT2D eigenvalue weighted by molar-refractivity contribution is -0.188. The van der Waals surface area contributed by atoms with Gasteiger partial charge in [0.25, 0.3) is 0 Å². The lowest BCUT2D eigenvalue weighted by Crippen LogP contribution is -2.41. The Morgan fingerprint density at radius 3 is 2.57 bits per heavy atom. The SMILES string of the molecule is C#CNOC(=O)C1=Cc2cc(Cl)c(OCC(C)(C)C)c(C)c2OC1C(F)(F)F. The van der Waals surface area contributed by atoms with Crippen molar-refractivity contribution in [3.8, 4) is 24.0 Å². The van der Waals surface area contributed by atoms with E-state index in [0.717, 1.165) is 6.08 Å². The highest BCUT2D eigenvalue weighted by Crippen LogP contribution is 2.45. The van der Waals surface area contributed by atoms with Crippen LogP contribution in [0.4, 0.5) is 13.2 Å². The molecule has 0 spiro atoms. The van der Waals surface area contributed by atoms with Crippen LogP contribution in [0.25, 0.3) is 6.08 Å². The minimum atomic E-state index is -4.86. The summed E-state index contributed by atoms with van der Waals surface area (Å²) in [6, 6.07) is 3.15. The zero-order valence-corrected chi connectivity index (χ0v) is 16.4. The van der Waals surface area contributed by atoms with E-state index in [4.69, 9.17) is 27.5 Å². The molecule has 1 aliphatic heterocycles. The Morgan fingerprint density at radius 1 is 1.39 bits per heavy atom. The van der Waals surface area contributed by atoms with Crippen LogP contribution >= 0.6 is 11.6 Å². The number of hydrogen-bond donors (Lipinski definition) is 1. The van der Waals surface area contributed by atoms with Gasteiger partial charge in [-0.15, -0.1) is 0 Å². The number of alkyl halides is 3. The van der Waals surface area contributed by atoms with Crippen molar-refractivity contribution in [2.75, 3.05) is 6.61 Å². The first-order valence-corrected chi connectivity index (χ1v) is 8.55. The van der Waals surface area contributed by atoms with Crippen LogP contribution in [-0.4, -0.2) is 24.9 Å². The van der Waals surface area contributed by atoms with Crippen LogP contribution in [0.2, 0.25) is 5.02 Å². The van der Waals surface area contributed by atoms with Gasteiger partial charge in [0.1, 0.15) is 11.5 Å². The number of carbonyl (C=O) groups excluding carboxylic acids is 1. The van der Waals surface area contributed by atoms with E-state index in [1.807, 2.05) is 20.8 Å². The van der Waals surface area contributed by atoms with Crippen LogP contribution in [0.15, 0.2) is 11.6 Å². The van der Waals surface area contributed by atoms with Crippen LogP contribution in [0.3, 0.4) is 0 Å². The summed E-state index contributed by atoms with van der Waals surface area (Å²) in [7, 11) is 0. The second kappa shape index (κ2) is 7.84. The van der Waals surface area contributed by atoms with E-state index < -0.39 is 23.8 Å². The smallest absolute Gasteiger partial charge is 0.430 e. The summed E-state index contributed by atoms with van der Waals surface area (Å²) in [5, 5.41) is 0.181. The first kappa shape index (κ1) is 21.8. The normalized spacial score (nSPS) is 16.2. The number of benzene rings is 1. The molecule has 0 aromatic heterocycles. The zero-order valence-electron chi connectivity index (χ0n) is 15.7. The third-order valence-corrected chi connectivity index (χ3v) is 3.94. The Bertz CT molecular complexity index is 851. The molecular weight excluding hydrogens is 399 g/mol. The van der Waals surface area contributed by atoms with Gasteiger partial charge < -0.3 is 14.3 Å². The molecule has 1 heterocycles. The number of rotatable bonds is 4. The van der Waals surface area contributed by atoms with Crippen molar-refractivity contribution in [1.29, 1.82) is 0 Å². The number of ether oxygens (including phenoxy) is 2. The van der Waals surface area contributed by atoms with Crippen molar-refractivity contribution in [1.82, 2.24) is 5.48 Å². The maximum atomic E-state index is 13.5. The van der Waals surface area contributed by atoms with Crippen LogP contribution in [0.1, 0.15) is 31.9 Å². The number of nitrogens with one attached hydrogen (secondary N) is 1. The first-order valence-electron chi connectivity index (χ1n) is 8.18. The minimum absolute atomic E-state index is 0.0721. The zero-order chi connectivity index (χ0) is 21.3. The van der Waals surface area contributed by atoms with Crippen molar-refractivity contribution in [2.24, 2.45) is 5.41 Å². The van der Waals surface area contributed by atoms with Gasteiger partial charge in [0.2, 0.25) is 6.10 Å². The molecule has 1 unspecified atom stereocenters. The summed E-state index contributed by atoms with van der Waals surface area (Å²) in [6.45, 7) is 7.65. The van der Waals surface area contributed by atoms with Crippen molar-refractivity contribution in [3.63, 3.8) is 0 Å². The minimum Gasteiger partial charge on any atom is -0.491 e. The van der Waals surface area contributed by atoms with E-state index in [2.05, 4.69) is 4.84 Å². The highest BCUT2D eigenvalue weighted by atomic mass is 35.5. The van der Waals surface area contributed by atoms with E-state index in [0.29, 0.717) is 12.2 Å². The van der Waals surface area contributed by atoms with Crippen molar-refractivity contribution < 1.29 is 32.3 Å². The highest BCUT2D eigenvalue weighted by molar-refractivity contribution is 6.32. The van der Waals surface area contributed by atoms with E-state index in [1.165, 1.54) is 13.0 Å². The van der Waals surface area contributed by atoms with Crippen LogP contribution < -0.4 is 15.0 Å². The molecule has 0 saturated heterocycles. The van der Waals surface area contributed by atoms with Gasteiger partial charge in [-0.05, 0) is 24.5 Å². The quantitative estimate of drug-likeness (QED) is 0.446. The maximum Gasteiger partial charge on any atom is 0.430 e. The molecule has 0 bridgehead atoms. The lowest BCUT2D eigenvalue weighted by Gasteiger charge is -2.30. The fraction of sp³-hybridized carbons (Fsp3) is 0.421. The molecule has 0 saturated carbocycles. The van der Waals surface area contributed by atoms with Gasteiger partial charge in [-0.3, -0.25) is 0 Å². The molecule has 1 aliphatic rings. The average molecular weight is 418 g/mol. The van der Waals surface area contributed by atoms with Crippen LogP contribution in [0, 0.1) is 24.8 Å². The molecular formula is C19H19ClF3NO4. The lowest BCUT2D eigenvalue weighted by atomic mass is 9.97. The number of carbonyl (C=O) groups is 1. The Hall–Kier alpha value is -2.53. The van der Waals surface area contributed by atoms with Crippen molar-refractivity contribution in [3.05, 3.63) is 27.8 Å². The number of halogens is 4. The van der Waals surface area contributed by atoms with Gasteiger partial charge in [0.05, 0.1) is 17.2 Å². The third kappa shape index (κ3) is 4.84. The molecule has 2 rings (SSSR count). The summed E-state index contributed by atoms with van der Waals surface area (Å²) in [5.74, 6) is -1.16. The predicted molar refractivity (Wildman–Crippen MR) is 97.6 cm³/mol. The van der Waals surface area contributed by atoms with Crippen LogP contribution in [0.5, 0.6) is 11.5 Å². The standard InChI is InChI=1S/C19H19ClF3NO4/c1-6-24-28-17(25)12-7-11-8-13(20)15(26-9-18(3,4)5)10(2)14(11)27-16(12)19(21,22)23/h1,7-8,16,24H,9H2,2-5H3. The summed E-state index contributed by atoms with van der Waals surface area (Å²) in [5.41, 5.74) is 1.31. The monoisotopic (exact) mass is 417 g/mol. The van der Waals surface area contributed by atoms with Gasteiger partial charge in [-0.2, -0.15) is 18.7 Å². The fourth-order valence-corrected chi connectivity index (χ4v) is 2.78. The molecule has 1 atom stereocenters. The molecule has 5 nitrogen and oxygen atoms in total. The van der Waals surface area contributed by atoms with Crippen LogP contribution in [-0.2, 0) is 9.63 Å². The second-order valence-electron chi connectivity index (χ2n) is 7.36. The van der Waals surface area contributed by atoms with E-state index in [-0.39, 0.29) is 27.5 Å². The van der Waals surface area contributed by atoms with Gasteiger partial charge >= 0.3 is 12.1 Å². The predicted octanol–water partition coefficient (Wildman–Crippen LogP) is 4.42. The molecule has 152 valence electrons. The molecule has 0 fully saturated rings. The largest absolute Gasteiger partial charge is 0.491 e. The summed E-state index contributed by atoms with van der Waals surface area (Å²) >= 11 is 6.25. The molecule has 0 amide bonds. The number of fused-ring (bicyclic) bond motifs is 1. The average Bonchev–Trinajstić information content (AvgIpc) is 2.56. The molecule has 0 aliphatic carbocycles. The summed E-state index contributed by atoms with van der Waals surface area (Å²) < 4.78 is 51.3. The fourth-order valence-electron chi connectivity index (χ4n) is 2.46. The van der Waals surface area contributed by atoms with E-state index in [9.17, 15) is 18.0 Å². The van der Waals surface area contributed by atoms with Gasteiger partial charge in [0, 0.05) is 17.2 Å². The van der Waals surface area contributed by atoms with Gasteiger partial charge in [-0.25, -0.2) is 4.79 Å². The van der Waals surface area contributed by atoms with Gasteiger partial charge in [-0.1, -0.05) is 38.8 Å². The number of hydroxylamine groups is 1. The molecule has 9 heteroatoms. The molecule has 1 N–H and O–H groups in total. The Kier molecular flexibility index (Phi) is 6.09. The molecule has 1 aromatic carbocycles. The Balaban J connectivity index is 2.51. The summed E-state index contributed by atoms with van der Waals surface area (Å²) in [6.07, 6.45) is -1.50. The summed E-state index contributed by atoms with van der Waals surface area (Å²) in [4.78, 5) is 16.4. The maximum absolute atomic E-state index is 13.5. The topological polar surface area (TPSA) is 56.8 Å². The molecule has 1 aromatic rings. The highest BCUT2D eigenvalue weighted by Gasteiger charge is 2.49. The molecule has 28 heavy (non-hydrogen) atoms. The molecule has 0 radical (unpaired) electrons.